The summed E-state index contributed by atoms with van der Waals surface area (Å²) in [5.41, 5.74) is 2.29. The Balaban J connectivity index is 1.81. The number of rotatable bonds is 5. The summed E-state index contributed by atoms with van der Waals surface area (Å²) in [4.78, 5) is 4.27. The Hall–Kier alpha value is -1.49. The van der Waals surface area contributed by atoms with Crippen molar-refractivity contribution in [3.05, 3.63) is 34.6 Å². The Morgan fingerprint density at radius 3 is 2.82 bits per heavy atom. The summed E-state index contributed by atoms with van der Waals surface area (Å²) in [5, 5.41) is 13.4. The summed E-state index contributed by atoms with van der Waals surface area (Å²) >= 11 is 1.62. The van der Waals surface area contributed by atoms with E-state index < -0.39 is 0 Å². The molecule has 2 rings (SSSR count). The first kappa shape index (κ1) is 12.0. The first-order valence-electron chi connectivity index (χ1n) is 5.75. The topological polar surface area (TPSA) is 50.7 Å². The fourth-order valence-corrected chi connectivity index (χ4v) is 2.13. The molecule has 0 saturated carbocycles. The van der Waals surface area contributed by atoms with Crippen LogP contribution < -0.4 is 5.32 Å². The molecule has 2 aromatic heterocycles. The molecule has 5 heteroatoms. The summed E-state index contributed by atoms with van der Waals surface area (Å²) in [7, 11) is 0. The van der Waals surface area contributed by atoms with Gasteiger partial charge in [0.2, 0.25) is 5.13 Å². The second-order valence-electron chi connectivity index (χ2n) is 3.84. The van der Waals surface area contributed by atoms with Crippen molar-refractivity contribution in [1.82, 2.24) is 15.2 Å². The van der Waals surface area contributed by atoms with E-state index in [9.17, 15) is 0 Å². The van der Waals surface area contributed by atoms with Gasteiger partial charge in [-0.25, -0.2) is 0 Å². The fraction of sp³-hybridized carbons (Fsp3) is 0.417. The van der Waals surface area contributed by atoms with Gasteiger partial charge in [-0.15, -0.1) is 10.2 Å². The van der Waals surface area contributed by atoms with Crippen LogP contribution >= 0.6 is 11.3 Å². The maximum Gasteiger partial charge on any atom is 0.205 e. The van der Waals surface area contributed by atoms with Gasteiger partial charge in [0.15, 0.2) is 0 Å². The van der Waals surface area contributed by atoms with Crippen LogP contribution in [0.4, 0.5) is 5.13 Å². The van der Waals surface area contributed by atoms with Gasteiger partial charge in [0, 0.05) is 18.4 Å². The van der Waals surface area contributed by atoms with Crippen molar-refractivity contribution in [3.8, 4) is 0 Å². The Bertz CT molecular complexity index is 464. The van der Waals surface area contributed by atoms with Crippen LogP contribution in [0.15, 0.2) is 18.3 Å². The largest absolute Gasteiger partial charge is 0.360 e. The van der Waals surface area contributed by atoms with E-state index >= 15 is 0 Å². The zero-order valence-electron chi connectivity index (χ0n) is 10.1. The number of nitrogens with zero attached hydrogens (tertiary/aromatic N) is 3. The molecule has 0 aromatic carbocycles. The Kier molecular flexibility index (Phi) is 4.03. The normalized spacial score (nSPS) is 10.5. The van der Waals surface area contributed by atoms with Gasteiger partial charge in [-0.3, -0.25) is 4.98 Å². The van der Waals surface area contributed by atoms with Gasteiger partial charge in [-0.05, 0) is 31.4 Å². The van der Waals surface area contributed by atoms with Gasteiger partial charge >= 0.3 is 0 Å². The first-order valence-corrected chi connectivity index (χ1v) is 6.57. The van der Waals surface area contributed by atoms with Crippen LogP contribution in [0.2, 0.25) is 0 Å². The van der Waals surface area contributed by atoms with Crippen molar-refractivity contribution in [2.45, 2.75) is 26.7 Å². The Labute approximate surface area is 105 Å². The minimum absolute atomic E-state index is 0.864. The highest BCUT2D eigenvalue weighted by Gasteiger charge is 2.01. The number of nitrogens with one attached hydrogen (secondary N) is 1. The van der Waals surface area contributed by atoms with Crippen molar-refractivity contribution in [3.63, 3.8) is 0 Å². The standard InChI is InChI=1S/C12H16N4S/c1-3-11-15-16-12(17-11)13-7-6-10-5-4-9(2)14-8-10/h4-5,8H,3,6-7H2,1-2H3,(H,13,16). The van der Waals surface area contributed by atoms with Crippen molar-refractivity contribution < 1.29 is 0 Å². The van der Waals surface area contributed by atoms with Crippen LogP contribution in [0.3, 0.4) is 0 Å². The first-order chi connectivity index (χ1) is 8.28. The zero-order valence-corrected chi connectivity index (χ0v) is 10.9. The maximum atomic E-state index is 4.27. The van der Waals surface area contributed by atoms with Crippen molar-refractivity contribution in [1.29, 1.82) is 0 Å². The number of hydrogen-bond donors (Lipinski definition) is 1. The molecular formula is C12H16N4S. The highest BCUT2D eigenvalue weighted by Crippen LogP contribution is 2.15. The van der Waals surface area contributed by atoms with Crippen LogP contribution in [0.1, 0.15) is 23.2 Å². The molecule has 90 valence electrons. The lowest BCUT2D eigenvalue weighted by Crippen LogP contribution is -2.04. The highest BCUT2D eigenvalue weighted by molar-refractivity contribution is 7.15. The number of pyridine rings is 1. The summed E-state index contributed by atoms with van der Waals surface area (Å²) in [6, 6.07) is 4.15. The van der Waals surface area contributed by atoms with Crippen LogP contribution in [0, 0.1) is 6.92 Å². The third kappa shape index (κ3) is 3.49. The zero-order chi connectivity index (χ0) is 12.1. The van der Waals surface area contributed by atoms with Crippen molar-refractivity contribution >= 4 is 16.5 Å². The number of anilines is 1. The van der Waals surface area contributed by atoms with E-state index in [-0.39, 0.29) is 0 Å². The third-order valence-corrected chi connectivity index (χ3v) is 3.46. The molecule has 0 amide bonds. The molecule has 4 nitrogen and oxygen atoms in total. The summed E-state index contributed by atoms with van der Waals surface area (Å²) in [6.45, 7) is 4.95. The third-order valence-electron chi connectivity index (χ3n) is 2.43. The minimum Gasteiger partial charge on any atom is -0.360 e. The van der Waals surface area contributed by atoms with E-state index in [2.05, 4.69) is 33.5 Å². The average molecular weight is 248 g/mol. The Morgan fingerprint density at radius 2 is 2.18 bits per heavy atom. The number of aryl methyl sites for hydroxylation is 2. The van der Waals surface area contributed by atoms with Crippen LogP contribution in [-0.4, -0.2) is 21.7 Å². The monoisotopic (exact) mass is 248 g/mol. The predicted octanol–water partition coefficient (Wildman–Crippen LogP) is 2.46. The maximum absolute atomic E-state index is 4.27. The van der Waals surface area contributed by atoms with Crippen LogP contribution in [-0.2, 0) is 12.8 Å². The average Bonchev–Trinajstić information content (AvgIpc) is 2.80. The second-order valence-corrected chi connectivity index (χ2v) is 4.90. The van der Waals surface area contributed by atoms with E-state index in [1.807, 2.05) is 19.2 Å². The van der Waals surface area contributed by atoms with E-state index in [1.165, 1.54) is 5.56 Å². The van der Waals surface area contributed by atoms with E-state index in [0.717, 1.165) is 35.2 Å². The fourth-order valence-electron chi connectivity index (χ4n) is 1.43. The SMILES string of the molecule is CCc1nnc(NCCc2ccc(C)nc2)s1. The van der Waals surface area contributed by atoms with Gasteiger partial charge < -0.3 is 5.32 Å². The van der Waals surface area contributed by atoms with Crippen molar-refractivity contribution in [2.24, 2.45) is 0 Å². The molecule has 0 bridgehead atoms. The van der Waals surface area contributed by atoms with Crippen LogP contribution in [0.5, 0.6) is 0 Å². The second kappa shape index (κ2) is 5.72. The van der Waals surface area contributed by atoms with Crippen LogP contribution in [0.25, 0.3) is 0 Å². The highest BCUT2D eigenvalue weighted by atomic mass is 32.1. The van der Waals surface area contributed by atoms with E-state index in [1.54, 1.807) is 11.3 Å². The molecule has 2 heterocycles. The van der Waals surface area contributed by atoms with E-state index in [4.69, 9.17) is 0 Å². The summed E-state index contributed by atoms with van der Waals surface area (Å²) < 4.78 is 0. The van der Waals surface area contributed by atoms with E-state index in [0.29, 0.717) is 0 Å². The van der Waals surface area contributed by atoms with Crippen molar-refractivity contribution in [2.75, 3.05) is 11.9 Å². The molecule has 17 heavy (non-hydrogen) atoms. The number of hydrogen-bond acceptors (Lipinski definition) is 5. The molecule has 0 spiro atoms. The predicted molar refractivity (Wildman–Crippen MR) is 70.5 cm³/mol. The lowest BCUT2D eigenvalue weighted by molar-refractivity contribution is 0.957. The smallest absolute Gasteiger partial charge is 0.205 e. The number of aromatic nitrogens is 3. The van der Waals surface area contributed by atoms with Gasteiger partial charge in [0.25, 0.3) is 0 Å². The quantitative estimate of drug-likeness (QED) is 0.883. The molecule has 2 aromatic rings. The van der Waals surface area contributed by atoms with Gasteiger partial charge in [-0.2, -0.15) is 0 Å². The molecule has 0 aliphatic rings. The molecule has 0 unspecified atom stereocenters. The molecular weight excluding hydrogens is 232 g/mol. The minimum atomic E-state index is 0.864. The lowest BCUT2D eigenvalue weighted by Gasteiger charge is -2.02. The van der Waals surface area contributed by atoms with Gasteiger partial charge in [0.1, 0.15) is 5.01 Å². The van der Waals surface area contributed by atoms with Gasteiger partial charge in [0.05, 0.1) is 0 Å². The molecule has 0 saturated heterocycles. The molecule has 0 atom stereocenters. The summed E-state index contributed by atoms with van der Waals surface area (Å²) in [6.07, 6.45) is 3.82. The molecule has 0 radical (unpaired) electrons. The Morgan fingerprint density at radius 1 is 1.29 bits per heavy atom. The molecule has 0 aliphatic heterocycles. The molecule has 0 aliphatic carbocycles. The molecule has 0 fully saturated rings. The molecule has 1 N–H and O–H groups in total. The summed E-state index contributed by atoms with van der Waals surface area (Å²) in [5.74, 6) is 0. The lowest BCUT2D eigenvalue weighted by atomic mass is 10.2. The van der Waals surface area contributed by atoms with Gasteiger partial charge in [-0.1, -0.05) is 24.3 Å².